The summed E-state index contributed by atoms with van der Waals surface area (Å²) in [4.78, 5) is 20.9. The quantitative estimate of drug-likeness (QED) is 0.832. The number of halogens is 1. The van der Waals surface area contributed by atoms with Crippen LogP contribution in [0.5, 0.6) is 0 Å². The Hall–Kier alpha value is -1.62. The molecule has 2 rings (SSSR count). The Balaban J connectivity index is 0.000000686. The molecule has 1 aliphatic rings. The van der Waals surface area contributed by atoms with E-state index in [1.165, 1.54) is 17.3 Å². The lowest BCUT2D eigenvalue weighted by atomic mass is 10.3. The average Bonchev–Trinajstić information content (AvgIpc) is 2.58. The van der Waals surface area contributed by atoms with Gasteiger partial charge >= 0.3 is 0 Å². The standard InChI is InChI=1S/C9H9ClN4O.C2H6/c1-5-9(15)14(6(2)13-5)8-4-11-7(10)3-12-8;1-2/h3-5,13H,2H2,1H3;1-2H3. The van der Waals surface area contributed by atoms with Gasteiger partial charge in [-0.05, 0) is 6.92 Å². The highest BCUT2D eigenvalue weighted by Gasteiger charge is 2.32. The van der Waals surface area contributed by atoms with Crippen LogP contribution in [-0.2, 0) is 4.79 Å². The Morgan fingerprint density at radius 2 is 2.06 bits per heavy atom. The molecule has 0 bridgehead atoms. The molecule has 1 fully saturated rings. The molecule has 0 radical (unpaired) electrons. The van der Waals surface area contributed by atoms with Crippen molar-refractivity contribution in [3.8, 4) is 0 Å². The highest BCUT2D eigenvalue weighted by Crippen LogP contribution is 2.20. The van der Waals surface area contributed by atoms with Crippen molar-refractivity contribution in [3.63, 3.8) is 0 Å². The van der Waals surface area contributed by atoms with Crippen LogP contribution in [0.4, 0.5) is 5.82 Å². The van der Waals surface area contributed by atoms with Gasteiger partial charge in [0.15, 0.2) is 5.82 Å². The van der Waals surface area contributed by atoms with Gasteiger partial charge in [0.05, 0.1) is 12.4 Å². The molecule has 0 aliphatic carbocycles. The van der Waals surface area contributed by atoms with Gasteiger partial charge in [0.2, 0.25) is 0 Å². The van der Waals surface area contributed by atoms with E-state index in [9.17, 15) is 4.79 Å². The molecule has 92 valence electrons. The maximum Gasteiger partial charge on any atom is 0.256 e. The zero-order valence-electron chi connectivity index (χ0n) is 10.1. The molecule has 1 atom stereocenters. The molecule has 1 amide bonds. The van der Waals surface area contributed by atoms with Crippen molar-refractivity contribution in [1.82, 2.24) is 15.3 Å². The monoisotopic (exact) mass is 254 g/mol. The maximum atomic E-state index is 11.7. The van der Waals surface area contributed by atoms with Crippen LogP contribution in [0.2, 0.25) is 5.15 Å². The average molecular weight is 255 g/mol. The van der Waals surface area contributed by atoms with Gasteiger partial charge in [-0.1, -0.05) is 32.0 Å². The van der Waals surface area contributed by atoms with E-state index in [0.29, 0.717) is 11.6 Å². The van der Waals surface area contributed by atoms with E-state index in [4.69, 9.17) is 11.6 Å². The Labute approximate surface area is 106 Å². The van der Waals surface area contributed by atoms with Crippen molar-refractivity contribution in [2.45, 2.75) is 26.8 Å². The number of hydrogen-bond donors (Lipinski definition) is 1. The van der Waals surface area contributed by atoms with Crippen LogP contribution in [0.15, 0.2) is 24.8 Å². The van der Waals surface area contributed by atoms with Crippen molar-refractivity contribution in [2.24, 2.45) is 0 Å². The normalized spacial score (nSPS) is 18.6. The molecule has 1 aromatic heterocycles. The van der Waals surface area contributed by atoms with Crippen LogP contribution in [0.25, 0.3) is 0 Å². The Kier molecular flexibility index (Phi) is 4.45. The molecule has 6 heteroatoms. The van der Waals surface area contributed by atoms with E-state index in [1.54, 1.807) is 6.92 Å². The van der Waals surface area contributed by atoms with Crippen LogP contribution >= 0.6 is 11.6 Å². The fourth-order valence-corrected chi connectivity index (χ4v) is 1.47. The zero-order valence-corrected chi connectivity index (χ0v) is 10.8. The van der Waals surface area contributed by atoms with E-state index in [1.807, 2.05) is 13.8 Å². The predicted octanol–water partition coefficient (Wildman–Crippen LogP) is 1.95. The van der Waals surface area contributed by atoms with Gasteiger partial charge in [0.25, 0.3) is 5.91 Å². The Morgan fingerprint density at radius 3 is 2.47 bits per heavy atom. The molecule has 5 nitrogen and oxygen atoms in total. The van der Waals surface area contributed by atoms with Gasteiger partial charge in [-0.15, -0.1) is 0 Å². The molecule has 0 spiro atoms. The molecule has 1 N–H and O–H groups in total. The smallest absolute Gasteiger partial charge is 0.256 e. The van der Waals surface area contributed by atoms with Crippen molar-refractivity contribution in [2.75, 3.05) is 4.90 Å². The Bertz CT molecular complexity index is 418. The summed E-state index contributed by atoms with van der Waals surface area (Å²) >= 11 is 5.60. The van der Waals surface area contributed by atoms with E-state index >= 15 is 0 Å². The molecular weight excluding hydrogens is 240 g/mol. The van der Waals surface area contributed by atoms with E-state index in [2.05, 4.69) is 21.9 Å². The number of carbonyl (C=O) groups excluding carboxylic acids is 1. The molecule has 0 aromatic carbocycles. The molecule has 1 aromatic rings. The van der Waals surface area contributed by atoms with E-state index in [0.717, 1.165) is 0 Å². The predicted molar refractivity (Wildman–Crippen MR) is 67.6 cm³/mol. The summed E-state index contributed by atoms with van der Waals surface area (Å²) in [6.45, 7) is 9.49. The minimum absolute atomic E-state index is 0.100. The number of rotatable bonds is 1. The first-order valence-electron chi connectivity index (χ1n) is 5.36. The summed E-state index contributed by atoms with van der Waals surface area (Å²) in [7, 11) is 0. The number of amides is 1. The van der Waals surface area contributed by atoms with Crippen molar-refractivity contribution in [1.29, 1.82) is 0 Å². The van der Waals surface area contributed by atoms with Gasteiger partial charge in [-0.25, -0.2) is 14.9 Å². The highest BCUT2D eigenvalue weighted by molar-refractivity contribution is 6.29. The first-order valence-corrected chi connectivity index (χ1v) is 5.74. The van der Waals surface area contributed by atoms with Crippen LogP contribution in [0.1, 0.15) is 20.8 Å². The summed E-state index contributed by atoms with van der Waals surface area (Å²) < 4.78 is 0. The fraction of sp³-hybridized carbons (Fsp3) is 0.364. The van der Waals surface area contributed by atoms with Crippen LogP contribution < -0.4 is 10.2 Å². The van der Waals surface area contributed by atoms with Crippen LogP contribution in [-0.4, -0.2) is 21.9 Å². The molecule has 17 heavy (non-hydrogen) atoms. The number of aromatic nitrogens is 2. The zero-order chi connectivity index (χ0) is 13.0. The largest absolute Gasteiger partial charge is 0.360 e. The third-order valence-electron chi connectivity index (χ3n) is 2.08. The second-order valence-electron chi connectivity index (χ2n) is 3.18. The molecule has 0 saturated carbocycles. The van der Waals surface area contributed by atoms with Crippen LogP contribution in [0, 0.1) is 0 Å². The van der Waals surface area contributed by atoms with Gasteiger partial charge in [-0.3, -0.25) is 4.79 Å². The lowest BCUT2D eigenvalue weighted by molar-refractivity contribution is -0.118. The van der Waals surface area contributed by atoms with Gasteiger partial charge < -0.3 is 5.32 Å². The number of carbonyl (C=O) groups is 1. The molecular formula is C11H15ClN4O. The minimum Gasteiger partial charge on any atom is -0.360 e. The third-order valence-corrected chi connectivity index (χ3v) is 2.27. The third kappa shape index (κ3) is 2.74. The number of anilines is 1. The lowest BCUT2D eigenvalue weighted by Gasteiger charge is -2.13. The first-order chi connectivity index (χ1) is 8.09. The van der Waals surface area contributed by atoms with Crippen molar-refractivity contribution in [3.05, 3.63) is 29.9 Å². The summed E-state index contributed by atoms with van der Waals surface area (Å²) in [6, 6.07) is -0.282. The summed E-state index contributed by atoms with van der Waals surface area (Å²) in [5, 5.41) is 3.20. The lowest BCUT2D eigenvalue weighted by Crippen LogP contribution is -2.28. The SMILES string of the molecule is C=C1NC(C)C(=O)N1c1cnc(Cl)cn1.CC. The topological polar surface area (TPSA) is 58.1 Å². The van der Waals surface area contributed by atoms with Crippen molar-refractivity contribution >= 4 is 23.3 Å². The maximum absolute atomic E-state index is 11.7. The van der Waals surface area contributed by atoms with E-state index < -0.39 is 0 Å². The molecule has 1 aliphatic heterocycles. The van der Waals surface area contributed by atoms with Crippen LogP contribution in [0.3, 0.4) is 0 Å². The summed E-state index contributed by atoms with van der Waals surface area (Å²) in [6.07, 6.45) is 2.82. The molecule has 1 saturated heterocycles. The van der Waals surface area contributed by atoms with Gasteiger partial charge in [-0.2, -0.15) is 0 Å². The molecule has 2 heterocycles. The summed E-state index contributed by atoms with van der Waals surface area (Å²) in [5.41, 5.74) is 0. The number of nitrogens with one attached hydrogen (secondary N) is 1. The second-order valence-corrected chi connectivity index (χ2v) is 3.57. The van der Waals surface area contributed by atoms with Crippen molar-refractivity contribution < 1.29 is 4.79 Å². The fourth-order valence-electron chi connectivity index (χ4n) is 1.37. The Morgan fingerprint density at radius 1 is 1.41 bits per heavy atom. The number of nitrogens with zero attached hydrogens (tertiary/aromatic N) is 3. The first kappa shape index (κ1) is 13.4. The summed E-state index contributed by atoms with van der Waals surface area (Å²) in [5.74, 6) is 0.826. The molecule has 1 unspecified atom stereocenters. The van der Waals surface area contributed by atoms with E-state index in [-0.39, 0.29) is 17.1 Å². The van der Waals surface area contributed by atoms with Gasteiger partial charge in [0, 0.05) is 0 Å². The second kappa shape index (κ2) is 5.63. The highest BCUT2D eigenvalue weighted by atomic mass is 35.5. The van der Waals surface area contributed by atoms with Gasteiger partial charge in [0.1, 0.15) is 17.0 Å². The number of hydrogen-bond acceptors (Lipinski definition) is 4. The minimum atomic E-state index is -0.282.